The third kappa shape index (κ3) is 8.44. The van der Waals surface area contributed by atoms with Crippen LogP contribution in [-0.4, -0.2) is 24.0 Å². The quantitative estimate of drug-likeness (QED) is 0.444. The molecule has 0 rings (SSSR count). The summed E-state index contributed by atoms with van der Waals surface area (Å²) in [6.07, 6.45) is 2.32. The molecular formula is C8H13N2O4-. The van der Waals surface area contributed by atoms with Crippen LogP contribution in [-0.2, 0) is 9.59 Å². The fourth-order valence-electron chi connectivity index (χ4n) is 0.192. The number of aliphatic carboxylic acids is 2. The molecule has 0 heterocycles. The Morgan fingerprint density at radius 3 is 1.64 bits per heavy atom. The predicted molar refractivity (Wildman–Crippen MR) is 45.1 cm³/mol. The first-order valence-corrected chi connectivity index (χ1v) is 3.62. The largest absolute Gasteiger partial charge is 0.548 e. The Labute approximate surface area is 81.5 Å². The molecule has 0 aliphatic carbocycles. The standard InChI is InChI=1S/2C4H7NO2/c2*1-2-3(5)4(6)7/h2*2-3H,1,5H2,(H,6,7)/p-1. The van der Waals surface area contributed by atoms with Gasteiger partial charge in [-0.2, -0.15) is 0 Å². The van der Waals surface area contributed by atoms with Crippen molar-refractivity contribution in [2.75, 3.05) is 0 Å². The zero-order valence-electron chi connectivity index (χ0n) is 7.64. The Kier molecular flexibility index (Phi) is 8.44. The summed E-state index contributed by atoms with van der Waals surface area (Å²) in [5.41, 5.74) is 8.01. The summed E-state index contributed by atoms with van der Waals surface area (Å²) >= 11 is 0. The van der Waals surface area contributed by atoms with E-state index in [4.69, 9.17) is 5.73 Å². The average Bonchev–Trinajstić information content (AvgIpc) is 2.15. The van der Waals surface area contributed by atoms with E-state index in [-0.39, 0.29) is 0 Å². The van der Waals surface area contributed by atoms with E-state index in [1.165, 1.54) is 6.08 Å². The number of hydrogen-bond donors (Lipinski definition) is 2. The molecule has 80 valence electrons. The molecule has 0 amide bonds. The van der Waals surface area contributed by atoms with Gasteiger partial charge in [-0.25, -0.2) is 0 Å². The molecule has 2 atom stereocenters. The van der Waals surface area contributed by atoms with Crippen LogP contribution in [0.1, 0.15) is 0 Å². The van der Waals surface area contributed by atoms with Gasteiger partial charge >= 0.3 is 0 Å². The highest BCUT2D eigenvalue weighted by Gasteiger charge is 1.96. The molecule has 0 saturated carbocycles. The van der Waals surface area contributed by atoms with Crippen LogP contribution in [0.3, 0.4) is 0 Å². The Bertz CT molecular complexity index is 203. The van der Waals surface area contributed by atoms with E-state index in [2.05, 4.69) is 18.9 Å². The van der Waals surface area contributed by atoms with Crippen molar-refractivity contribution in [3.63, 3.8) is 0 Å². The van der Waals surface area contributed by atoms with Gasteiger partial charge in [-0.15, -0.1) is 6.58 Å². The highest BCUT2D eigenvalue weighted by Crippen LogP contribution is 1.71. The monoisotopic (exact) mass is 201 g/mol. The fraction of sp³-hybridized carbons (Fsp3) is 0.250. The molecule has 5 N–H and O–H groups in total. The second-order valence-corrected chi connectivity index (χ2v) is 2.24. The summed E-state index contributed by atoms with van der Waals surface area (Å²) in [6.45, 7) is 6.33. The number of rotatable bonds is 4. The van der Waals surface area contributed by atoms with Crippen molar-refractivity contribution in [1.82, 2.24) is 0 Å². The van der Waals surface area contributed by atoms with Gasteiger partial charge in [0.25, 0.3) is 0 Å². The maximum Gasteiger partial charge on any atom is 0.143 e. The first-order chi connectivity index (χ1) is 6.36. The van der Waals surface area contributed by atoms with Gasteiger partial charge in [0.1, 0.15) is 12.0 Å². The van der Waals surface area contributed by atoms with Crippen molar-refractivity contribution >= 4 is 11.9 Å². The lowest BCUT2D eigenvalue weighted by atomic mass is 10.3. The second-order valence-electron chi connectivity index (χ2n) is 2.24. The van der Waals surface area contributed by atoms with Crippen LogP contribution in [0.25, 0.3) is 0 Å². The minimum Gasteiger partial charge on any atom is -0.548 e. The Morgan fingerprint density at radius 1 is 1.21 bits per heavy atom. The Morgan fingerprint density at radius 2 is 1.64 bits per heavy atom. The lowest BCUT2D eigenvalue weighted by Crippen LogP contribution is -2.67. The van der Waals surface area contributed by atoms with Crippen molar-refractivity contribution in [2.45, 2.75) is 12.1 Å². The summed E-state index contributed by atoms with van der Waals surface area (Å²) in [5, 5.41) is 19.3. The number of carbonyl (C=O) groups is 2. The molecular weight excluding hydrogens is 188 g/mol. The van der Waals surface area contributed by atoms with Gasteiger partial charge in [0.05, 0.1) is 12.0 Å². The van der Waals surface area contributed by atoms with Crippen LogP contribution < -0.4 is 21.7 Å². The maximum absolute atomic E-state index is 9.69. The molecule has 6 heteroatoms. The van der Waals surface area contributed by atoms with Crippen molar-refractivity contribution < 1.29 is 25.5 Å². The molecule has 0 bridgehead atoms. The summed E-state index contributed by atoms with van der Waals surface area (Å²) in [7, 11) is 0. The molecule has 0 fully saturated rings. The molecule has 0 aromatic rings. The van der Waals surface area contributed by atoms with E-state index in [1.807, 2.05) is 0 Å². The van der Waals surface area contributed by atoms with Gasteiger partial charge < -0.3 is 31.3 Å². The number of carbonyl (C=O) groups excluding carboxylic acids is 2. The van der Waals surface area contributed by atoms with E-state index in [9.17, 15) is 19.8 Å². The zero-order valence-corrected chi connectivity index (χ0v) is 7.64. The summed E-state index contributed by atoms with van der Waals surface area (Å²) < 4.78 is 0. The second kappa shape index (κ2) is 7.96. The molecule has 0 spiro atoms. The van der Waals surface area contributed by atoms with E-state index < -0.39 is 24.0 Å². The summed E-state index contributed by atoms with van der Waals surface area (Å²) in [5.74, 6) is -2.48. The number of nitrogens with two attached hydrogens (primary N) is 1. The fourth-order valence-corrected chi connectivity index (χ4v) is 0.192. The maximum atomic E-state index is 9.69. The van der Waals surface area contributed by atoms with E-state index in [0.717, 1.165) is 6.08 Å². The zero-order chi connectivity index (χ0) is 11.7. The minimum atomic E-state index is -1.30. The van der Waals surface area contributed by atoms with Crippen LogP contribution in [0.15, 0.2) is 25.3 Å². The van der Waals surface area contributed by atoms with E-state index in [0.29, 0.717) is 0 Å². The van der Waals surface area contributed by atoms with Gasteiger partial charge in [0.2, 0.25) is 0 Å². The lowest BCUT2D eigenvalue weighted by Gasteiger charge is -2.03. The van der Waals surface area contributed by atoms with Crippen LogP contribution in [0, 0.1) is 0 Å². The first kappa shape index (κ1) is 14.8. The molecule has 0 aliphatic rings. The predicted octanol–water partition coefficient (Wildman–Crippen LogP) is -4.22. The van der Waals surface area contributed by atoms with Crippen LogP contribution in [0.2, 0.25) is 0 Å². The smallest absolute Gasteiger partial charge is 0.143 e. The first-order valence-electron chi connectivity index (χ1n) is 3.62. The highest BCUT2D eigenvalue weighted by molar-refractivity contribution is 5.73. The van der Waals surface area contributed by atoms with Gasteiger partial charge in [0.15, 0.2) is 0 Å². The molecule has 0 aliphatic heterocycles. The summed E-state index contributed by atoms with van der Waals surface area (Å²) in [6, 6.07) is -1.81. The number of quaternary nitrogens is 1. The topological polar surface area (TPSA) is 134 Å². The van der Waals surface area contributed by atoms with Gasteiger partial charge in [-0.3, -0.25) is 0 Å². The van der Waals surface area contributed by atoms with Crippen LogP contribution in [0.5, 0.6) is 0 Å². The molecule has 0 aromatic heterocycles. The summed E-state index contributed by atoms with van der Waals surface area (Å²) in [4.78, 5) is 19.3. The number of hydrogen-bond acceptors (Lipinski definition) is 5. The molecule has 0 saturated heterocycles. The van der Waals surface area contributed by atoms with Gasteiger partial charge in [0, 0.05) is 0 Å². The van der Waals surface area contributed by atoms with Gasteiger partial charge in [-0.1, -0.05) is 12.7 Å². The van der Waals surface area contributed by atoms with E-state index >= 15 is 0 Å². The minimum absolute atomic E-state index is 0.778. The van der Waals surface area contributed by atoms with E-state index in [1.54, 1.807) is 0 Å². The molecule has 2 unspecified atom stereocenters. The molecule has 14 heavy (non-hydrogen) atoms. The average molecular weight is 201 g/mol. The number of carboxylic acid groups (broad SMARTS) is 2. The van der Waals surface area contributed by atoms with Crippen LogP contribution >= 0.6 is 0 Å². The Hall–Kier alpha value is -1.66. The molecule has 0 radical (unpaired) electrons. The van der Waals surface area contributed by atoms with Crippen molar-refractivity contribution in [3.8, 4) is 0 Å². The SMILES string of the molecule is C=CC(N)C(=O)[O-].C=CC([NH3+])C(=O)[O-]. The molecule has 6 nitrogen and oxygen atoms in total. The normalized spacial score (nSPS) is 12.7. The van der Waals surface area contributed by atoms with Crippen LogP contribution in [0.4, 0.5) is 0 Å². The Balaban J connectivity index is 0. The van der Waals surface area contributed by atoms with Crippen molar-refractivity contribution in [1.29, 1.82) is 0 Å². The lowest BCUT2D eigenvalue weighted by molar-refractivity contribution is -0.423. The van der Waals surface area contributed by atoms with Crippen molar-refractivity contribution in [3.05, 3.63) is 25.3 Å². The third-order valence-electron chi connectivity index (χ3n) is 1.11. The van der Waals surface area contributed by atoms with Crippen molar-refractivity contribution in [2.24, 2.45) is 5.73 Å². The number of carboxylic acids is 2. The molecule has 0 aromatic carbocycles. The highest BCUT2D eigenvalue weighted by atomic mass is 16.4. The van der Waals surface area contributed by atoms with Gasteiger partial charge in [-0.05, 0) is 6.08 Å². The third-order valence-corrected chi connectivity index (χ3v) is 1.11.